The maximum atomic E-state index is 11.4. The smallest absolute Gasteiger partial charge is 0.308 e. The molecule has 1 heterocycles. The molecule has 4 nitrogen and oxygen atoms in total. The van der Waals surface area contributed by atoms with E-state index in [1.807, 2.05) is 24.5 Å². The number of esters is 1. The molecule has 4 rings (SSSR count). The molecule has 0 spiro atoms. The van der Waals surface area contributed by atoms with Crippen LogP contribution in [0.15, 0.2) is 73.2 Å². The number of benzene rings is 2. The Morgan fingerprint density at radius 3 is 2.90 bits per heavy atom. The minimum atomic E-state index is -0.262. The monoisotopic (exact) mass is 386 g/mol. The Morgan fingerprint density at radius 1 is 1.21 bits per heavy atom. The summed E-state index contributed by atoms with van der Waals surface area (Å²) in [5, 5.41) is 0. The van der Waals surface area contributed by atoms with Crippen LogP contribution in [0.25, 0.3) is 0 Å². The molecule has 3 aromatic rings. The summed E-state index contributed by atoms with van der Waals surface area (Å²) in [5.41, 5.74) is 4.81. The fourth-order valence-corrected chi connectivity index (χ4v) is 4.05. The molecule has 0 amide bonds. The van der Waals surface area contributed by atoms with E-state index >= 15 is 0 Å². The van der Waals surface area contributed by atoms with Gasteiger partial charge in [-0.2, -0.15) is 0 Å². The maximum absolute atomic E-state index is 11.4. The van der Waals surface area contributed by atoms with Crippen LogP contribution in [-0.4, -0.2) is 15.5 Å². The predicted octanol–water partition coefficient (Wildman–Crippen LogP) is 5.08. The number of carbonyl (C=O) groups excluding carboxylic acids is 1. The van der Waals surface area contributed by atoms with Crippen LogP contribution in [0.2, 0.25) is 0 Å². The number of hydrogen-bond acceptors (Lipinski definition) is 3. The van der Waals surface area contributed by atoms with E-state index in [1.165, 1.54) is 23.6 Å². The van der Waals surface area contributed by atoms with Gasteiger partial charge < -0.3 is 9.30 Å². The van der Waals surface area contributed by atoms with Crippen molar-refractivity contribution in [3.63, 3.8) is 0 Å². The highest BCUT2D eigenvalue weighted by Gasteiger charge is 2.21. The molecule has 0 saturated carbocycles. The first-order chi connectivity index (χ1) is 14.2. The van der Waals surface area contributed by atoms with E-state index < -0.39 is 0 Å². The van der Waals surface area contributed by atoms with E-state index in [-0.39, 0.29) is 5.97 Å². The summed E-state index contributed by atoms with van der Waals surface area (Å²) in [5.74, 6) is 0.817. The van der Waals surface area contributed by atoms with Gasteiger partial charge in [0, 0.05) is 32.0 Å². The standard InChI is InChI=1S/C25H26N2O2/c1-19(28)29-25-14-6-12-23-21(10-5-13-24(23)25)11-7-15-27-17-22(26-18-27)16-20-8-3-2-4-9-20/h2-4,6-9,11-12,14,17-18,21H,5,10,13,15-16H2,1H3. The van der Waals surface area contributed by atoms with E-state index in [4.69, 9.17) is 4.74 Å². The number of fused-ring (bicyclic) bond motifs is 1. The first-order valence-electron chi connectivity index (χ1n) is 10.2. The third-order valence-corrected chi connectivity index (χ3v) is 5.36. The Kier molecular flexibility index (Phi) is 5.89. The van der Waals surface area contributed by atoms with Gasteiger partial charge in [-0.3, -0.25) is 4.79 Å². The molecule has 0 aliphatic heterocycles. The normalized spacial score (nSPS) is 16.0. The Hall–Kier alpha value is -3.14. The molecular formula is C25H26N2O2. The number of rotatable bonds is 6. The summed E-state index contributed by atoms with van der Waals surface area (Å²) in [6, 6.07) is 16.4. The average molecular weight is 386 g/mol. The highest BCUT2D eigenvalue weighted by atomic mass is 16.5. The minimum Gasteiger partial charge on any atom is -0.426 e. The topological polar surface area (TPSA) is 44.1 Å². The summed E-state index contributed by atoms with van der Waals surface area (Å²) in [6.45, 7) is 2.26. The van der Waals surface area contributed by atoms with Crippen molar-refractivity contribution in [3.05, 3.63) is 95.6 Å². The van der Waals surface area contributed by atoms with Gasteiger partial charge in [0.15, 0.2) is 0 Å². The SMILES string of the molecule is CC(=O)Oc1cccc2c1CCCC2C=CCn1cnc(Cc2ccccc2)c1. The lowest BCUT2D eigenvalue weighted by Crippen LogP contribution is -2.12. The van der Waals surface area contributed by atoms with E-state index in [2.05, 4.69) is 58.2 Å². The van der Waals surface area contributed by atoms with Gasteiger partial charge in [-0.1, -0.05) is 54.6 Å². The van der Waals surface area contributed by atoms with E-state index in [9.17, 15) is 4.79 Å². The summed E-state index contributed by atoms with van der Waals surface area (Å²) >= 11 is 0. The van der Waals surface area contributed by atoms with Gasteiger partial charge in [0.05, 0.1) is 12.0 Å². The van der Waals surface area contributed by atoms with Gasteiger partial charge in [0.25, 0.3) is 0 Å². The van der Waals surface area contributed by atoms with Crippen LogP contribution in [-0.2, 0) is 24.2 Å². The van der Waals surface area contributed by atoms with Crippen molar-refractivity contribution in [2.45, 2.75) is 45.1 Å². The third-order valence-electron chi connectivity index (χ3n) is 5.36. The van der Waals surface area contributed by atoms with Crippen molar-refractivity contribution in [2.24, 2.45) is 0 Å². The zero-order valence-electron chi connectivity index (χ0n) is 16.8. The van der Waals surface area contributed by atoms with Crippen molar-refractivity contribution in [1.29, 1.82) is 0 Å². The van der Waals surface area contributed by atoms with Gasteiger partial charge in [-0.15, -0.1) is 0 Å². The van der Waals surface area contributed by atoms with Crippen LogP contribution in [0.5, 0.6) is 5.75 Å². The van der Waals surface area contributed by atoms with Crippen molar-refractivity contribution >= 4 is 5.97 Å². The molecular weight excluding hydrogens is 360 g/mol. The molecule has 0 radical (unpaired) electrons. The molecule has 2 aromatic carbocycles. The highest BCUT2D eigenvalue weighted by Crippen LogP contribution is 2.37. The second kappa shape index (κ2) is 8.91. The minimum absolute atomic E-state index is 0.262. The zero-order valence-corrected chi connectivity index (χ0v) is 16.8. The molecule has 4 heteroatoms. The van der Waals surface area contributed by atoms with Crippen LogP contribution in [0, 0.1) is 0 Å². The van der Waals surface area contributed by atoms with Crippen molar-refractivity contribution in [1.82, 2.24) is 9.55 Å². The van der Waals surface area contributed by atoms with Crippen LogP contribution in [0.4, 0.5) is 0 Å². The summed E-state index contributed by atoms with van der Waals surface area (Å²) in [4.78, 5) is 15.9. The van der Waals surface area contributed by atoms with E-state index in [0.29, 0.717) is 11.7 Å². The predicted molar refractivity (Wildman–Crippen MR) is 114 cm³/mol. The Labute approximate surface area is 171 Å². The lowest BCUT2D eigenvalue weighted by molar-refractivity contribution is -0.131. The van der Waals surface area contributed by atoms with Crippen molar-refractivity contribution < 1.29 is 9.53 Å². The Morgan fingerprint density at radius 2 is 2.07 bits per heavy atom. The average Bonchev–Trinajstić information content (AvgIpc) is 3.16. The van der Waals surface area contributed by atoms with Gasteiger partial charge in [0.1, 0.15) is 5.75 Å². The quantitative estimate of drug-likeness (QED) is 0.337. The van der Waals surface area contributed by atoms with Crippen LogP contribution in [0.1, 0.15) is 48.1 Å². The first kappa shape index (κ1) is 19.2. The number of imidazole rings is 1. The fourth-order valence-electron chi connectivity index (χ4n) is 4.05. The fraction of sp³-hybridized carbons (Fsp3) is 0.280. The van der Waals surface area contributed by atoms with Crippen LogP contribution in [0.3, 0.4) is 0 Å². The highest BCUT2D eigenvalue weighted by molar-refractivity contribution is 5.70. The zero-order chi connectivity index (χ0) is 20.1. The second-order valence-electron chi connectivity index (χ2n) is 7.57. The van der Waals surface area contributed by atoms with Crippen LogP contribution >= 0.6 is 0 Å². The molecule has 148 valence electrons. The van der Waals surface area contributed by atoms with E-state index in [1.54, 1.807) is 0 Å². The molecule has 1 aliphatic carbocycles. The number of carbonyl (C=O) groups is 1. The second-order valence-corrected chi connectivity index (χ2v) is 7.57. The van der Waals surface area contributed by atoms with Gasteiger partial charge >= 0.3 is 5.97 Å². The van der Waals surface area contributed by atoms with Crippen molar-refractivity contribution in [3.8, 4) is 5.75 Å². The molecule has 0 bridgehead atoms. The van der Waals surface area contributed by atoms with Crippen molar-refractivity contribution in [2.75, 3.05) is 0 Å². The molecule has 1 aliphatic rings. The van der Waals surface area contributed by atoms with E-state index in [0.717, 1.165) is 37.9 Å². The lowest BCUT2D eigenvalue weighted by atomic mass is 9.82. The van der Waals surface area contributed by atoms with Gasteiger partial charge in [-0.25, -0.2) is 4.98 Å². The summed E-state index contributed by atoms with van der Waals surface area (Å²) in [7, 11) is 0. The molecule has 29 heavy (non-hydrogen) atoms. The molecule has 1 unspecified atom stereocenters. The third kappa shape index (κ3) is 4.83. The maximum Gasteiger partial charge on any atom is 0.308 e. The molecule has 0 N–H and O–H groups in total. The van der Waals surface area contributed by atoms with Gasteiger partial charge in [-0.05, 0) is 42.0 Å². The largest absolute Gasteiger partial charge is 0.426 e. The number of ether oxygens (including phenoxy) is 1. The first-order valence-corrected chi connectivity index (χ1v) is 10.2. The number of nitrogens with zero attached hydrogens (tertiary/aromatic N) is 2. The van der Waals surface area contributed by atoms with Gasteiger partial charge in [0.2, 0.25) is 0 Å². The lowest BCUT2D eigenvalue weighted by Gasteiger charge is -2.24. The molecule has 1 aromatic heterocycles. The Bertz CT molecular complexity index is 1000. The van der Waals surface area contributed by atoms with Crippen LogP contribution < -0.4 is 4.74 Å². The number of aromatic nitrogens is 2. The summed E-state index contributed by atoms with van der Waals surface area (Å²) in [6.07, 6.45) is 12.6. The molecule has 0 fully saturated rings. The number of allylic oxidation sites excluding steroid dienone is 2. The number of hydrogen-bond donors (Lipinski definition) is 0. The summed E-state index contributed by atoms with van der Waals surface area (Å²) < 4.78 is 7.53. The molecule has 0 saturated heterocycles. The molecule has 1 atom stereocenters. The Balaban J connectivity index is 1.42.